The fourth-order valence-corrected chi connectivity index (χ4v) is 2.00. The molecule has 0 saturated carbocycles. The molecule has 1 aromatic carbocycles. The fraction of sp³-hybridized carbons (Fsp3) is 0.364. The maximum absolute atomic E-state index is 11.7. The number of carbonyl (C=O) groups excluding carboxylic acids is 1. The lowest BCUT2D eigenvalue weighted by Gasteiger charge is -2.17. The summed E-state index contributed by atoms with van der Waals surface area (Å²) in [6.07, 6.45) is 1.04. The van der Waals surface area contributed by atoms with Gasteiger partial charge in [-0.1, -0.05) is 12.1 Å². The molecular formula is C11H16N2O3S. The summed E-state index contributed by atoms with van der Waals surface area (Å²) in [5.74, 6) is -0.947. The highest BCUT2D eigenvalue weighted by Crippen LogP contribution is 2.15. The number of hydrogen-bond donors (Lipinski definition) is 1. The predicted octanol–water partition coefficient (Wildman–Crippen LogP) is 0.153. The summed E-state index contributed by atoms with van der Waals surface area (Å²) in [6.45, 7) is 0.377. The highest BCUT2D eigenvalue weighted by atomic mass is 32.2. The largest absolute Gasteiger partial charge is 0.326 e. The number of amides is 1. The Morgan fingerprint density at radius 2 is 2.06 bits per heavy atom. The lowest BCUT2D eigenvalue weighted by molar-refractivity contribution is -0.115. The maximum Gasteiger partial charge on any atom is 0.241 e. The zero-order valence-corrected chi connectivity index (χ0v) is 10.7. The Kier molecular flexibility index (Phi) is 4.25. The van der Waals surface area contributed by atoms with Crippen LogP contribution in [-0.4, -0.2) is 33.4 Å². The number of nitrogens with two attached hydrogens (primary N) is 1. The number of nitrogens with zero attached hydrogens (tertiary/aromatic N) is 1. The molecule has 0 aliphatic carbocycles. The fourth-order valence-electron chi connectivity index (χ4n) is 1.36. The van der Waals surface area contributed by atoms with Gasteiger partial charge >= 0.3 is 0 Å². The maximum atomic E-state index is 11.7. The molecule has 0 radical (unpaired) electrons. The standard InChI is InChI=1S/C11H16N2O3S/c1-13(11(14)8-17(2,15)16)10-5-3-4-9(6-10)7-12/h3-6H,7-8,12H2,1-2H3. The van der Waals surface area contributed by atoms with Gasteiger partial charge in [-0.15, -0.1) is 0 Å². The van der Waals surface area contributed by atoms with E-state index in [4.69, 9.17) is 5.73 Å². The molecule has 0 unspecified atom stereocenters. The van der Waals surface area contributed by atoms with Gasteiger partial charge in [-0.3, -0.25) is 4.79 Å². The number of carbonyl (C=O) groups is 1. The van der Waals surface area contributed by atoms with Crippen LogP contribution in [0.2, 0.25) is 0 Å². The first kappa shape index (κ1) is 13.7. The molecule has 0 spiro atoms. The van der Waals surface area contributed by atoms with E-state index in [-0.39, 0.29) is 0 Å². The average molecular weight is 256 g/mol. The molecular weight excluding hydrogens is 240 g/mol. The number of hydrogen-bond acceptors (Lipinski definition) is 4. The molecule has 1 aromatic rings. The van der Waals surface area contributed by atoms with Gasteiger partial charge in [0.05, 0.1) is 0 Å². The van der Waals surface area contributed by atoms with Crippen molar-refractivity contribution in [3.8, 4) is 0 Å². The van der Waals surface area contributed by atoms with Crippen LogP contribution in [0.1, 0.15) is 5.56 Å². The zero-order chi connectivity index (χ0) is 13.1. The van der Waals surface area contributed by atoms with Gasteiger partial charge in [0, 0.05) is 25.5 Å². The quantitative estimate of drug-likeness (QED) is 0.831. The second-order valence-corrected chi connectivity index (χ2v) is 6.04. The molecule has 0 fully saturated rings. The van der Waals surface area contributed by atoms with Crippen molar-refractivity contribution in [1.29, 1.82) is 0 Å². The Bertz CT molecular complexity index is 511. The molecule has 5 nitrogen and oxygen atoms in total. The molecule has 6 heteroatoms. The molecule has 17 heavy (non-hydrogen) atoms. The van der Waals surface area contributed by atoms with Gasteiger partial charge in [0.25, 0.3) is 0 Å². The minimum absolute atomic E-state index is 0.377. The Morgan fingerprint density at radius 1 is 1.41 bits per heavy atom. The molecule has 0 atom stereocenters. The first-order valence-electron chi connectivity index (χ1n) is 5.07. The zero-order valence-electron chi connectivity index (χ0n) is 9.88. The Hall–Kier alpha value is -1.40. The summed E-state index contributed by atoms with van der Waals surface area (Å²) < 4.78 is 22.1. The van der Waals surface area contributed by atoms with E-state index in [1.54, 1.807) is 25.2 Å². The van der Waals surface area contributed by atoms with Crippen LogP contribution in [-0.2, 0) is 21.2 Å². The van der Waals surface area contributed by atoms with Crippen LogP contribution in [0.3, 0.4) is 0 Å². The monoisotopic (exact) mass is 256 g/mol. The third kappa shape index (κ3) is 4.16. The summed E-state index contributed by atoms with van der Waals surface area (Å²) >= 11 is 0. The molecule has 0 aromatic heterocycles. The minimum Gasteiger partial charge on any atom is -0.326 e. The summed E-state index contributed by atoms with van der Waals surface area (Å²) in [7, 11) is -1.76. The minimum atomic E-state index is -3.31. The van der Waals surface area contributed by atoms with Crippen LogP contribution in [0.25, 0.3) is 0 Å². The van der Waals surface area contributed by atoms with Crippen molar-refractivity contribution in [2.45, 2.75) is 6.54 Å². The molecule has 0 bridgehead atoms. The highest BCUT2D eigenvalue weighted by molar-refractivity contribution is 7.91. The Labute approximate surface area is 101 Å². The van der Waals surface area contributed by atoms with Crippen LogP contribution in [0.5, 0.6) is 0 Å². The van der Waals surface area contributed by atoms with Crippen molar-refractivity contribution < 1.29 is 13.2 Å². The van der Waals surface area contributed by atoms with Gasteiger partial charge in [-0.25, -0.2) is 8.42 Å². The van der Waals surface area contributed by atoms with Crippen molar-refractivity contribution in [1.82, 2.24) is 0 Å². The molecule has 94 valence electrons. The molecule has 0 aliphatic heterocycles. The highest BCUT2D eigenvalue weighted by Gasteiger charge is 2.16. The van der Waals surface area contributed by atoms with Gasteiger partial charge in [-0.2, -0.15) is 0 Å². The average Bonchev–Trinajstić information content (AvgIpc) is 2.26. The Balaban J connectivity index is 2.88. The first-order chi connectivity index (χ1) is 7.83. The van der Waals surface area contributed by atoms with E-state index in [1.165, 1.54) is 4.90 Å². The van der Waals surface area contributed by atoms with Gasteiger partial charge < -0.3 is 10.6 Å². The molecule has 2 N–H and O–H groups in total. The van der Waals surface area contributed by atoms with Gasteiger partial charge in [0.1, 0.15) is 5.75 Å². The van der Waals surface area contributed by atoms with E-state index in [9.17, 15) is 13.2 Å². The SMILES string of the molecule is CN(C(=O)CS(C)(=O)=O)c1cccc(CN)c1. The number of benzene rings is 1. The Morgan fingerprint density at radius 3 is 2.59 bits per heavy atom. The van der Waals surface area contributed by atoms with Crippen molar-refractivity contribution in [3.63, 3.8) is 0 Å². The normalized spacial score (nSPS) is 11.2. The van der Waals surface area contributed by atoms with Crippen molar-refractivity contribution in [2.24, 2.45) is 5.73 Å². The van der Waals surface area contributed by atoms with E-state index >= 15 is 0 Å². The third-order valence-electron chi connectivity index (χ3n) is 2.29. The lowest BCUT2D eigenvalue weighted by Crippen LogP contribution is -2.32. The third-order valence-corrected chi connectivity index (χ3v) is 3.06. The molecule has 0 aliphatic rings. The van der Waals surface area contributed by atoms with Crippen LogP contribution in [0.15, 0.2) is 24.3 Å². The number of anilines is 1. The molecule has 1 rings (SSSR count). The van der Waals surface area contributed by atoms with E-state index < -0.39 is 21.5 Å². The van der Waals surface area contributed by atoms with Gasteiger partial charge in [0.2, 0.25) is 5.91 Å². The van der Waals surface area contributed by atoms with Gasteiger partial charge in [0.15, 0.2) is 9.84 Å². The van der Waals surface area contributed by atoms with E-state index in [0.717, 1.165) is 11.8 Å². The van der Waals surface area contributed by atoms with Crippen molar-refractivity contribution in [2.75, 3.05) is 24.0 Å². The molecule has 1 amide bonds. The molecule has 0 saturated heterocycles. The first-order valence-corrected chi connectivity index (χ1v) is 7.13. The van der Waals surface area contributed by atoms with Crippen molar-refractivity contribution in [3.05, 3.63) is 29.8 Å². The topological polar surface area (TPSA) is 80.5 Å². The summed E-state index contributed by atoms with van der Waals surface area (Å²) in [5.41, 5.74) is 7.03. The number of rotatable bonds is 4. The van der Waals surface area contributed by atoms with Gasteiger partial charge in [-0.05, 0) is 17.7 Å². The second-order valence-electron chi connectivity index (χ2n) is 3.90. The van der Waals surface area contributed by atoms with Crippen LogP contribution in [0.4, 0.5) is 5.69 Å². The summed E-state index contributed by atoms with van der Waals surface area (Å²) in [6, 6.07) is 7.12. The van der Waals surface area contributed by atoms with Crippen LogP contribution in [0, 0.1) is 0 Å². The second kappa shape index (κ2) is 5.29. The summed E-state index contributed by atoms with van der Waals surface area (Å²) in [4.78, 5) is 13.0. The van der Waals surface area contributed by atoms with E-state index in [1.807, 2.05) is 6.07 Å². The van der Waals surface area contributed by atoms with Crippen molar-refractivity contribution >= 4 is 21.4 Å². The predicted molar refractivity (Wildman–Crippen MR) is 67.5 cm³/mol. The van der Waals surface area contributed by atoms with Crippen LogP contribution < -0.4 is 10.6 Å². The van der Waals surface area contributed by atoms with E-state index in [0.29, 0.717) is 12.2 Å². The number of sulfone groups is 1. The van der Waals surface area contributed by atoms with Crippen LogP contribution >= 0.6 is 0 Å². The smallest absolute Gasteiger partial charge is 0.241 e. The lowest BCUT2D eigenvalue weighted by atomic mass is 10.2. The molecule has 0 heterocycles. The summed E-state index contributed by atoms with van der Waals surface area (Å²) in [5, 5.41) is 0. The van der Waals surface area contributed by atoms with E-state index in [2.05, 4.69) is 0 Å².